The van der Waals surface area contributed by atoms with Gasteiger partial charge in [-0.05, 0) is 30.7 Å². The summed E-state index contributed by atoms with van der Waals surface area (Å²) in [7, 11) is 0. The minimum absolute atomic E-state index is 0.0156. The average molecular weight is 267 g/mol. The van der Waals surface area contributed by atoms with E-state index in [-0.39, 0.29) is 27.8 Å². The fourth-order valence-electron chi connectivity index (χ4n) is 1.64. The van der Waals surface area contributed by atoms with Gasteiger partial charge in [-0.25, -0.2) is 19.2 Å². The van der Waals surface area contributed by atoms with Crippen LogP contribution in [0.4, 0.5) is 4.39 Å². The van der Waals surface area contributed by atoms with E-state index >= 15 is 0 Å². The number of halogens is 2. The molecule has 18 heavy (non-hydrogen) atoms. The van der Waals surface area contributed by atoms with Gasteiger partial charge in [0.1, 0.15) is 11.4 Å². The second-order valence-electron chi connectivity index (χ2n) is 3.59. The van der Waals surface area contributed by atoms with Crippen LogP contribution in [0, 0.1) is 12.7 Å². The first-order valence-corrected chi connectivity index (χ1v) is 5.41. The smallest absolute Gasteiger partial charge is 0.339 e. The van der Waals surface area contributed by atoms with Crippen molar-refractivity contribution < 1.29 is 14.3 Å². The van der Waals surface area contributed by atoms with Crippen LogP contribution < -0.4 is 0 Å². The Balaban J connectivity index is 2.78. The number of aromatic nitrogens is 2. The molecule has 0 unspecified atom stereocenters. The van der Waals surface area contributed by atoms with Crippen LogP contribution in [-0.4, -0.2) is 21.0 Å². The molecular weight excluding hydrogens is 259 g/mol. The van der Waals surface area contributed by atoms with Gasteiger partial charge in [-0.2, -0.15) is 0 Å². The van der Waals surface area contributed by atoms with Crippen molar-refractivity contribution in [3.8, 4) is 11.3 Å². The van der Waals surface area contributed by atoms with Crippen molar-refractivity contribution in [3.05, 3.63) is 46.6 Å². The minimum Gasteiger partial charge on any atom is -0.478 e. The molecule has 2 aromatic rings. The summed E-state index contributed by atoms with van der Waals surface area (Å²) in [5.74, 6) is -1.78. The maximum Gasteiger partial charge on any atom is 0.339 e. The second kappa shape index (κ2) is 4.70. The SMILES string of the molecule is Cc1nc(Cl)nc(-c2ccccc2F)c1C(=O)O. The molecule has 0 atom stereocenters. The molecule has 0 saturated carbocycles. The zero-order valence-electron chi connectivity index (χ0n) is 9.32. The molecule has 1 heterocycles. The lowest BCUT2D eigenvalue weighted by atomic mass is 10.0. The predicted octanol–water partition coefficient (Wildman–Crippen LogP) is 2.94. The highest BCUT2D eigenvalue weighted by Gasteiger charge is 2.20. The van der Waals surface area contributed by atoms with E-state index in [4.69, 9.17) is 16.7 Å². The van der Waals surface area contributed by atoms with Gasteiger partial charge in [-0.1, -0.05) is 12.1 Å². The molecule has 0 fully saturated rings. The fraction of sp³-hybridized carbons (Fsp3) is 0.0833. The molecule has 0 saturated heterocycles. The Hall–Kier alpha value is -2.01. The number of aromatic carboxylic acids is 1. The number of aryl methyl sites for hydroxylation is 1. The van der Waals surface area contributed by atoms with Crippen LogP contribution >= 0.6 is 11.6 Å². The Morgan fingerprint density at radius 3 is 2.61 bits per heavy atom. The largest absolute Gasteiger partial charge is 0.478 e. The molecule has 2 rings (SSSR count). The third-order valence-corrected chi connectivity index (χ3v) is 2.57. The number of carboxylic acids is 1. The zero-order valence-corrected chi connectivity index (χ0v) is 10.1. The molecule has 0 spiro atoms. The molecule has 6 heteroatoms. The van der Waals surface area contributed by atoms with E-state index in [9.17, 15) is 9.18 Å². The van der Waals surface area contributed by atoms with Crippen molar-refractivity contribution in [2.75, 3.05) is 0 Å². The summed E-state index contributed by atoms with van der Waals surface area (Å²) < 4.78 is 13.7. The summed E-state index contributed by atoms with van der Waals surface area (Å²) in [6.07, 6.45) is 0. The van der Waals surface area contributed by atoms with Crippen LogP contribution in [0.1, 0.15) is 16.1 Å². The molecule has 4 nitrogen and oxygen atoms in total. The molecule has 0 aliphatic heterocycles. The van der Waals surface area contributed by atoms with E-state index in [2.05, 4.69) is 9.97 Å². The molecular formula is C12H8ClFN2O2. The first-order chi connectivity index (χ1) is 8.50. The Kier molecular flexibility index (Phi) is 3.25. The number of nitrogens with zero attached hydrogens (tertiary/aromatic N) is 2. The van der Waals surface area contributed by atoms with Crippen LogP contribution in [0.2, 0.25) is 5.28 Å². The van der Waals surface area contributed by atoms with Gasteiger partial charge < -0.3 is 5.11 Å². The van der Waals surface area contributed by atoms with E-state index in [1.165, 1.54) is 25.1 Å². The minimum atomic E-state index is -1.22. The van der Waals surface area contributed by atoms with Crippen molar-refractivity contribution in [2.45, 2.75) is 6.92 Å². The monoisotopic (exact) mass is 266 g/mol. The molecule has 0 bridgehead atoms. The molecule has 0 aliphatic rings. The normalized spacial score (nSPS) is 10.4. The van der Waals surface area contributed by atoms with Crippen LogP contribution in [0.15, 0.2) is 24.3 Å². The lowest BCUT2D eigenvalue weighted by Crippen LogP contribution is -2.08. The maximum atomic E-state index is 13.7. The third kappa shape index (κ3) is 2.17. The molecule has 0 aliphatic carbocycles. The number of hydrogen-bond acceptors (Lipinski definition) is 3. The van der Waals surface area contributed by atoms with E-state index in [0.717, 1.165) is 0 Å². The van der Waals surface area contributed by atoms with Crippen molar-refractivity contribution in [3.63, 3.8) is 0 Å². The van der Waals surface area contributed by atoms with E-state index in [0.29, 0.717) is 0 Å². The molecule has 0 amide bonds. The van der Waals surface area contributed by atoms with Gasteiger partial charge in [0.05, 0.1) is 11.4 Å². The predicted molar refractivity (Wildman–Crippen MR) is 64.1 cm³/mol. The summed E-state index contributed by atoms with van der Waals surface area (Å²) >= 11 is 5.69. The maximum absolute atomic E-state index is 13.7. The molecule has 1 aromatic carbocycles. The Bertz CT molecular complexity index is 631. The topological polar surface area (TPSA) is 63.1 Å². The van der Waals surface area contributed by atoms with Crippen molar-refractivity contribution in [1.29, 1.82) is 0 Å². The van der Waals surface area contributed by atoms with Crippen LogP contribution in [0.5, 0.6) is 0 Å². The van der Waals surface area contributed by atoms with Gasteiger partial charge in [-0.3, -0.25) is 0 Å². The number of carboxylic acid groups (broad SMARTS) is 1. The van der Waals surface area contributed by atoms with E-state index in [1.54, 1.807) is 6.07 Å². The number of benzene rings is 1. The van der Waals surface area contributed by atoms with Gasteiger partial charge in [0.2, 0.25) is 5.28 Å². The first kappa shape index (κ1) is 12.4. The molecule has 1 N–H and O–H groups in total. The van der Waals surface area contributed by atoms with Crippen LogP contribution in [0.25, 0.3) is 11.3 Å². The van der Waals surface area contributed by atoms with Gasteiger partial charge >= 0.3 is 5.97 Å². The first-order valence-electron chi connectivity index (χ1n) is 5.03. The Morgan fingerprint density at radius 1 is 1.33 bits per heavy atom. The second-order valence-corrected chi connectivity index (χ2v) is 3.92. The highest BCUT2D eigenvalue weighted by atomic mass is 35.5. The Morgan fingerprint density at radius 2 is 2.00 bits per heavy atom. The number of carbonyl (C=O) groups is 1. The van der Waals surface area contributed by atoms with Crippen molar-refractivity contribution >= 4 is 17.6 Å². The Labute approximate surface area is 107 Å². The van der Waals surface area contributed by atoms with Gasteiger partial charge in [0.25, 0.3) is 0 Å². The summed E-state index contributed by atoms with van der Waals surface area (Å²) in [4.78, 5) is 18.8. The van der Waals surface area contributed by atoms with Crippen LogP contribution in [-0.2, 0) is 0 Å². The van der Waals surface area contributed by atoms with Gasteiger partial charge in [0, 0.05) is 5.56 Å². The highest BCUT2D eigenvalue weighted by molar-refractivity contribution is 6.28. The summed E-state index contributed by atoms with van der Waals surface area (Å²) in [5, 5.41) is 9.03. The highest BCUT2D eigenvalue weighted by Crippen LogP contribution is 2.27. The summed E-state index contributed by atoms with van der Waals surface area (Å²) in [6.45, 7) is 1.49. The van der Waals surface area contributed by atoms with Crippen LogP contribution in [0.3, 0.4) is 0 Å². The quantitative estimate of drug-likeness (QED) is 0.849. The number of hydrogen-bond donors (Lipinski definition) is 1. The van der Waals surface area contributed by atoms with Crippen molar-refractivity contribution in [1.82, 2.24) is 9.97 Å². The summed E-state index contributed by atoms with van der Waals surface area (Å²) in [6, 6.07) is 5.77. The average Bonchev–Trinajstić information content (AvgIpc) is 2.27. The lowest BCUT2D eigenvalue weighted by molar-refractivity contribution is 0.0696. The van der Waals surface area contributed by atoms with Gasteiger partial charge in [-0.15, -0.1) is 0 Å². The lowest BCUT2D eigenvalue weighted by Gasteiger charge is -2.08. The number of rotatable bonds is 2. The molecule has 0 radical (unpaired) electrons. The molecule has 1 aromatic heterocycles. The van der Waals surface area contributed by atoms with E-state index in [1.807, 2.05) is 0 Å². The third-order valence-electron chi connectivity index (χ3n) is 2.41. The van der Waals surface area contributed by atoms with E-state index < -0.39 is 11.8 Å². The zero-order chi connectivity index (χ0) is 13.3. The molecule has 92 valence electrons. The standard InChI is InChI=1S/C12H8ClFN2O2/c1-6-9(11(17)18)10(16-12(13)15-6)7-4-2-3-5-8(7)14/h2-5H,1H3,(H,17,18). The summed E-state index contributed by atoms with van der Waals surface area (Å²) in [5.41, 5.74) is 0.116. The van der Waals surface area contributed by atoms with Gasteiger partial charge in [0.15, 0.2) is 0 Å². The van der Waals surface area contributed by atoms with Crippen molar-refractivity contribution in [2.24, 2.45) is 0 Å². The fourth-order valence-corrected chi connectivity index (χ4v) is 1.85.